The number of hydrogen-bond donors (Lipinski definition) is 0. The third-order valence-electron chi connectivity index (χ3n) is 4.07. The Kier molecular flexibility index (Phi) is 19.0. The first kappa shape index (κ1) is 33.8. The van der Waals surface area contributed by atoms with Crippen molar-refractivity contribution in [3.05, 3.63) is 98.6 Å². The van der Waals surface area contributed by atoms with E-state index in [4.69, 9.17) is 8.83 Å². The molecule has 0 aliphatic heterocycles. The van der Waals surface area contributed by atoms with Crippen molar-refractivity contribution in [3.8, 4) is 0 Å². The van der Waals surface area contributed by atoms with E-state index in [-0.39, 0.29) is 39.7 Å². The van der Waals surface area contributed by atoms with Gasteiger partial charge in [-0.2, -0.15) is 34.4 Å². The van der Waals surface area contributed by atoms with Crippen molar-refractivity contribution < 1.29 is 32.2 Å². The van der Waals surface area contributed by atoms with Crippen LogP contribution in [0.1, 0.15) is 39.2 Å². The summed E-state index contributed by atoms with van der Waals surface area (Å²) in [5.41, 5.74) is 4.76. The van der Waals surface area contributed by atoms with E-state index in [1.807, 2.05) is 31.1 Å². The average molecular weight is 543 g/mol. The van der Waals surface area contributed by atoms with Crippen molar-refractivity contribution in [2.75, 3.05) is 0 Å². The molecule has 2 aromatic heterocycles. The van der Waals surface area contributed by atoms with E-state index in [9.17, 15) is 0 Å². The summed E-state index contributed by atoms with van der Waals surface area (Å²) < 4.78 is 10.6. The van der Waals surface area contributed by atoms with E-state index < -0.39 is 0 Å². The first-order valence-electron chi connectivity index (χ1n) is 8.62. The monoisotopic (exact) mass is 540 g/mol. The molecule has 2 aliphatic rings. The van der Waals surface area contributed by atoms with Crippen LogP contribution in [0.25, 0.3) is 11.1 Å². The van der Waals surface area contributed by atoms with E-state index in [0.29, 0.717) is 11.8 Å². The van der Waals surface area contributed by atoms with E-state index in [0.717, 1.165) is 22.7 Å². The number of allylic oxidation sites excluding steroid dienone is 8. The first-order chi connectivity index (χ1) is 12.5. The van der Waals surface area contributed by atoms with Gasteiger partial charge >= 0.3 is 30.2 Å². The zero-order chi connectivity index (χ0) is 19.1. The quantitative estimate of drug-likeness (QED) is 0.303. The molecule has 0 aromatic carbocycles. The van der Waals surface area contributed by atoms with Crippen LogP contribution in [-0.2, 0) is 23.3 Å². The number of halogens is 2. The predicted molar refractivity (Wildman–Crippen MR) is 132 cm³/mol. The van der Waals surface area contributed by atoms with Crippen LogP contribution < -0.4 is 0 Å². The van der Waals surface area contributed by atoms with E-state index in [1.165, 1.54) is 11.1 Å². The molecule has 6 heteroatoms. The summed E-state index contributed by atoms with van der Waals surface area (Å²) in [6.07, 6.45) is 14.4. The van der Waals surface area contributed by atoms with Gasteiger partial charge in [0, 0.05) is 11.5 Å². The summed E-state index contributed by atoms with van der Waals surface area (Å²) in [5.74, 6) is 2.69. The van der Waals surface area contributed by atoms with Crippen LogP contribution >= 0.6 is 24.8 Å². The molecule has 0 saturated carbocycles. The second kappa shape index (κ2) is 16.8. The summed E-state index contributed by atoms with van der Waals surface area (Å²) in [7, 11) is 0. The second-order valence-electron chi connectivity index (χ2n) is 6.27. The molecule has 2 unspecified atom stereocenters. The van der Waals surface area contributed by atoms with Crippen LogP contribution in [0.5, 0.6) is 0 Å². The van der Waals surface area contributed by atoms with Gasteiger partial charge in [0.05, 0.1) is 12.5 Å². The van der Waals surface area contributed by atoms with Gasteiger partial charge in [0.2, 0.25) is 0 Å². The van der Waals surface area contributed by atoms with Gasteiger partial charge in [0.15, 0.2) is 0 Å². The van der Waals surface area contributed by atoms with Gasteiger partial charge in [0.25, 0.3) is 0 Å². The molecule has 2 heterocycles. The van der Waals surface area contributed by atoms with Gasteiger partial charge in [0.1, 0.15) is 0 Å². The zero-order valence-electron chi connectivity index (χ0n) is 18.6. The van der Waals surface area contributed by atoms with Gasteiger partial charge in [-0.15, -0.1) is 37.0 Å². The molecule has 0 N–H and O–H groups in total. The Morgan fingerprint density at radius 2 is 1.10 bits per heavy atom. The number of furan rings is 2. The molecule has 2 atom stereocenters. The molecule has 0 saturated heterocycles. The van der Waals surface area contributed by atoms with Crippen molar-refractivity contribution in [1.29, 1.82) is 0 Å². The fourth-order valence-corrected chi connectivity index (χ4v) is 3.06. The van der Waals surface area contributed by atoms with Crippen molar-refractivity contribution in [2.45, 2.75) is 27.7 Å². The van der Waals surface area contributed by atoms with Crippen LogP contribution in [0.2, 0.25) is 0 Å². The maximum atomic E-state index is 5.30. The summed E-state index contributed by atoms with van der Waals surface area (Å²) in [6.45, 7) is 10.4. The Bertz CT molecular complexity index is 764. The third-order valence-corrected chi connectivity index (χ3v) is 4.07. The molecule has 2 aromatic rings. The van der Waals surface area contributed by atoms with E-state index in [2.05, 4.69) is 52.0 Å². The minimum absolute atomic E-state index is 0. The average Bonchev–Trinajstić information content (AvgIpc) is 3.39. The summed E-state index contributed by atoms with van der Waals surface area (Å²) in [6, 6.07) is 7.75. The molecule has 2 nitrogen and oxygen atoms in total. The molecule has 0 bridgehead atoms. The molecule has 2 aliphatic carbocycles. The van der Waals surface area contributed by atoms with Crippen LogP contribution in [0.3, 0.4) is 0 Å². The Morgan fingerprint density at radius 3 is 1.30 bits per heavy atom. The Labute approximate surface area is 212 Å². The third kappa shape index (κ3) is 9.14. The van der Waals surface area contributed by atoms with Crippen molar-refractivity contribution >= 4 is 42.8 Å². The molecular weight excluding hydrogens is 510 g/mol. The molecule has 166 valence electrons. The fraction of sp³-hybridized carbons (Fsp3) is 0.250. The molecule has 0 amide bonds. The first-order valence-corrected chi connectivity index (χ1v) is 14.5. The van der Waals surface area contributed by atoms with Crippen molar-refractivity contribution in [2.24, 2.45) is 11.8 Å². The topological polar surface area (TPSA) is 26.3 Å². The van der Waals surface area contributed by atoms with Crippen LogP contribution in [0.4, 0.5) is 0 Å². The standard InChI is InChI=1S/2C11H11O.2CH3.2ClH.H2Si.Zr/c2*1-8-6-9(2)10(7-8)11-4-3-5-12-11;;;;;;/h2*3-6,8H,1-2H3;2*1H3;2*1H;1H2;/q4*-1;;;;. The molecule has 0 spiro atoms. The summed E-state index contributed by atoms with van der Waals surface area (Å²) in [4.78, 5) is 0. The van der Waals surface area contributed by atoms with Crippen LogP contribution in [0.15, 0.2) is 68.9 Å². The zero-order valence-corrected chi connectivity index (χ0v) is 24.1. The minimum atomic E-state index is 0. The van der Waals surface area contributed by atoms with Gasteiger partial charge in [-0.05, 0) is 12.1 Å². The Morgan fingerprint density at radius 1 is 0.767 bits per heavy atom. The van der Waals surface area contributed by atoms with Gasteiger partial charge in [-0.3, -0.25) is 0 Å². The second-order valence-corrected chi connectivity index (χ2v) is 6.27. The van der Waals surface area contributed by atoms with Gasteiger partial charge in [-0.25, -0.2) is 0 Å². The van der Waals surface area contributed by atoms with Crippen molar-refractivity contribution in [1.82, 2.24) is 0 Å². The summed E-state index contributed by atoms with van der Waals surface area (Å²) >= 11 is 1.58. The van der Waals surface area contributed by atoms with E-state index in [1.54, 1.807) is 35.9 Å². The number of rotatable bonds is 2. The normalized spacial score (nSPS) is 18.0. The SMILES string of the molecule is CC1=CC(C)[C-]=C1c1ccco1.CC1=CC(C)[C-]=C1c1ccco1.Cl.Cl.[CH3-].[CH3-].[SiH2]=[Zr]. The molecule has 30 heavy (non-hydrogen) atoms. The Hall–Kier alpha value is -0.800. The predicted octanol–water partition coefficient (Wildman–Crippen LogP) is 6.95. The van der Waals surface area contributed by atoms with Gasteiger partial charge in [-0.1, -0.05) is 51.7 Å². The fourth-order valence-electron chi connectivity index (χ4n) is 3.06. The van der Waals surface area contributed by atoms with Crippen LogP contribution in [0, 0.1) is 38.8 Å². The van der Waals surface area contributed by atoms with E-state index >= 15 is 0 Å². The molecule has 4 rings (SSSR count). The van der Waals surface area contributed by atoms with Crippen LogP contribution in [-0.4, -0.2) is 6.88 Å². The Balaban J connectivity index is -0.000000400. The van der Waals surface area contributed by atoms with Crippen molar-refractivity contribution in [3.63, 3.8) is 0 Å². The van der Waals surface area contributed by atoms with Gasteiger partial charge < -0.3 is 23.7 Å². The molecule has 0 radical (unpaired) electrons. The maximum absolute atomic E-state index is 5.30. The number of hydrogen-bond acceptors (Lipinski definition) is 2. The molecular formula is C24H32Cl2O2SiZr-4. The molecule has 0 fully saturated rings. The summed E-state index contributed by atoms with van der Waals surface area (Å²) in [5, 5.41) is 0.